The number of carbonyl (C=O) groups is 1. The van der Waals surface area contributed by atoms with Crippen molar-refractivity contribution in [3.8, 4) is 10.7 Å². The predicted molar refractivity (Wildman–Crippen MR) is 82.9 cm³/mol. The lowest BCUT2D eigenvalue weighted by Gasteiger charge is -2.10. The van der Waals surface area contributed by atoms with Crippen LogP contribution < -0.4 is 5.32 Å². The molecule has 0 fully saturated rings. The van der Waals surface area contributed by atoms with Crippen molar-refractivity contribution in [3.05, 3.63) is 17.5 Å². The Kier molecular flexibility index (Phi) is 5.19. The Morgan fingerprint density at radius 1 is 1.55 bits per heavy atom. The molecule has 20 heavy (non-hydrogen) atoms. The summed E-state index contributed by atoms with van der Waals surface area (Å²) < 4.78 is 1.92. The second-order valence-corrected chi connectivity index (χ2v) is 6.40. The van der Waals surface area contributed by atoms with Crippen molar-refractivity contribution < 1.29 is 4.79 Å². The molecular weight excluding hydrogens is 292 g/mol. The van der Waals surface area contributed by atoms with Gasteiger partial charge in [0.15, 0.2) is 11.0 Å². The Bertz CT molecular complexity index is 565. The van der Waals surface area contributed by atoms with Crippen molar-refractivity contribution in [2.24, 2.45) is 7.05 Å². The van der Waals surface area contributed by atoms with Gasteiger partial charge in [-0.05, 0) is 24.8 Å². The third kappa shape index (κ3) is 3.61. The largest absolute Gasteiger partial charge is 0.353 e. The number of hydrogen-bond donors (Lipinski definition) is 1. The number of hydrogen-bond acceptors (Lipinski definition) is 5. The summed E-state index contributed by atoms with van der Waals surface area (Å²) in [6.45, 7) is 4.05. The molecule has 1 unspecified atom stereocenters. The van der Waals surface area contributed by atoms with Gasteiger partial charge in [-0.15, -0.1) is 21.5 Å². The van der Waals surface area contributed by atoms with Gasteiger partial charge >= 0.3 is 0 Å². The first kappa shape index (κ1) is 15.1. The first-order valence-corrected chi connectivity index (χ1v) is 8.33. The van der Waals surface area contributed by atoms with Crippen molar-refractivity contribution in [1.29, 1.82) is 0 Å². The number of nitrogens with zero attached hydrogens (tertiary/aromatic N) is 3. The molecule has 0 aliphatic rings. The number of amides is 1. The molecule has 0 aliphatic carbocycles. The highest BCUT2D eigenvalue weighted by Crippen LogP contribution is 2.25. The van der Waals surface area contributed by atoms with Crippen molar-refractivity contribution in [2.75, 3.05) is 5.75 Å². The average Bonchev–Trinajstić information content (AvgIpc) is 3.06. The molecule has 0 aliphatic heterocycles. The van der Waals surface area contributed by atoms with E-state index in [0.717, 1.165) is 22.3 Å². The van der Waals surface area contributed by atoms with Gasteiger partial charge < -0.3 is 9.88 Å². The van der Waals surface area contributed by atoms with Gasteiger partial charge in [0.2, 0.25) is 5.91 Å². The Labute approximate surface area is 126 Å². The van der Waals surface area contributed by atoms with Crippen LogP contribution in [0, 0.1) is 0 Å². The normalized spacial score (nSPS) is 12.3. The maximum atomic E-state index is 11.7. The molecular formula is C13H18N4OS2. The van der Waals surface area contributed by atoms with Gasteiger partial charge in [0.1, 0.15) is 0 Å². The second kappa shape index (κ2) is 6.90. The van der Waals surface area contributed by atoms with Gasteiger partial charge in [0, 0.05) is 13.1 Å². The zero-order valence-corrected chi connectivity index (χ0v) is 13.4. The van der Waals surface area contributed by atoms with E-state index < -0.39 is 0 Å². The summed E-state index contributed by atoms with van der Waals surface area (Å²) in [7, 11) is 1.92. The highest BCUT2D eigenvalue weighted by molar-refractivity contribution is 7.99. The standard InChI is InChI=1S/C13H18N4OS2/c1-4-9(2)14-11(18)8-20-13-16-15-12(17(13)3)10-6-5-7-19-10/h5-7,9H,4,8H2,1-3H3,(H,14,18). The maximum Gasteiger partial charge on any atom is 0.230 e. The predicted octanol–water partition coefficient (Wildman–Crippen LogP) is 2.55. The highest BCUT2D eigenvalue weighted by atomic mass is 32.2. The first-order valence-electron chi connectivity index (χ1n) is 6.47. The zero-order chi connectivity index (χ0) is 14.5. The van der Waals surface area contributed by atoms with Gasteiger partial charge in [0.05, 0.1) is 10.6 Å². The third-order valence-electron chi connectivity index (χ3n) is 2.93. The fourth-order valence-electron chi connectivity index (χ4n) is 1.61. The summed E-state index contributed by atoms with van der Waals surface area (Å²) in [6, 6.07) is 4.21. The van der Waals surface area contributed by atoms with Crippen molar-refractivity contribution in [3.63, 3.8) is 0 Å². The topological polar surface area (TPSA) is 59.8 Å². The van der Waals surface area contributed by atoms with E-state index in [1.807, 2.05) is 43.0 Å². The fraction of sp³-hybridized carbons (Fsp3) is 0.462. The molecule has 5 nitrogen and oxygen atoms in total. The van der Waals surface area contributed by atoms with Crippen molar-refractivity contribution in [2.45, 2.75) is 31.5 Å². The molecule has 0 bridgehead atoms. The Balaban J connectivity index is 1.96. The van der Waals surface area contributed by atoms with Gasteiger partial charge in [0.25, 0.3) is 0 Å². The minimum Gasteiger partial charge on any atom is -0.353 e. The van der Waals surface area contributed by atoms with Gasteiger partial charge in [-0.2, -0.15) is 0 Å². The van der Waals surface area contributed by atoms with E-state index in [9.17, 15) is 4.79 Å². The molecule has 2 aromatic heterocycles. The van der Waals surface area contributed by atoms with E-state index >= 15 is 0 Å². The number of carbonyl (C=O) groups excluding carboxylic acids is 1. The number of thiophene rings is 1. The highest BCUT2D eigenvalue weighted by Gasteiger charge is 2.13. The smallest absolute Gasteiger partial charge is 0.230 e. The van der Waals surface area contributed by atoms with Gasteiger partial charge in [-0.1, -0.05) is 24.8 Å². The molecule has 0 saturated carbocycles. The summed E-state index contributed by atoms with van der Waals surface area (Å²) in [6.07, 6.45) is 0.933. The lowest BCUT2D eigenvalue weighted by atomic mass is 10.3. The minimum atomic E-state index is 0.0324. The molecule has 0 saturated heterocycles. The molecule has 0 aromatic carbocycles. The van der Waals surface area contributed by atoms with Gasteiger partial charge in [-0.3, -0.25) is 4.79 Å². The molecule has 0 radical (unpaired) electrons. The van der Waals surface area contributed by atoms with Crippen molar-refractivity contribution in [1.82, 2.24) is 20.1 Å². The first-order chi connectivity index (χ1) is 9.61. The van der Waals surface area contributed by atoms with Crippen LogP contribution in [0.4, 0.5) is 0 Å². The van der Waals surface area contributed by atoms with Crippen LogP contribution in [-0.4, -0.2) is 32.5 Å². The maximum absolute atomic E-state index is 11.7. The quantitative estimate of drug-likeness (QED) is 0.833. The fourth-order valence-corrected chi connectivity index (χ4v) is 3.08. The molecule has 2 rings (SSSR count). The zero-order valence-electron chi connectivity index (χ0n) is 11.8. The minimum absolute atomic E-state index is 0.0324. The monoisotopic (exact) mass is 310 g/mol. The van der Waals surface area contributed by atoms with Crippen LogP contribution in [0.2, 0.25) is 0 Å². The lowest BCUT2D eigenvalue weighted by Crippen LogP contribution is -2.33. The van der Waals surface area contributed by atoms with Crippen LogP contribution in [0.3, 0.4) is 0 Å². The molecule has 108 valence electrons. The lowest BCUT2D eigenvalue weighted by molar-refractivity contribution is -0.119. The van der Waals surface area contributed by atoms with Crippen molar-refractivity contribution >= 4 is 29.0 Å². The Morgan fingerprint density at radius 3 is 3.00 bits per heavy atom. The summed E-state index contributed by atoms with van der Waals surface area (Å²) in [5.41, 5.74) is 0. The van der Waals surface area contributed by atoms with Crippen LogP contribution in [-0.2, 0) is 11.8 Å². The molecule has 1 amide bonds. The number of rotatable bonds is 6. The number of thioether (sulfide) groups is 1. The molecule has 7 heteroatoms. The molecule has 0 spiro atoms. The second-order valence-electron chi connectivity index (χ2n) is 4.51. The van der Waals surface area contributed by atoms with Gasteiger partial charge in [-0.25, -0.2) is 0 Å². The van der Waals surface area contributed by atoms with E-state index in [4.69, 9.17) is 0 Å². The van der Waals surface area contributed by atoms with Crippen LogP contribution in [0.1, 0.15) is 20.3 Å². The third-order valence-corrected chi connectivity index (χ3v) is 4.81. The molecule has 2 aromatic rings. The Morgan fingerprint density at radius 2 is 2.35 bits per heavy atom. The van der Waals surface area contributed by atoms with E-state index in [2.05, 4.69) is 15.5 Å². The van der Waals surface area contributed by atoms with Crippen LogP contribution >= 0.6 is 23.1 Å². The summed E-state index contributed by atoms with van der Waals surface area (Å²) >= 11 is 3.04. The Hall–Kier alpha value is -1.34. The van der Waals surface area contributed by atoms with E-state index in [1.165, 1.54) is 11.8 Å². The van der Waals surface area contributed by atoms with E-state index in [0.29, 0.717) is 5.75 Å². The number of nitrogens with one attached hydrogen (secondary N) is 1. The van der Waals surface area contributed by atoms with E-state index in [-0.39, 0.29) is 11.9 Å². The summed E-state index contributed by atoms with van der Waals surface area (Å²) in [5.74, 6) is 1.23. The van der Waals surface area contributed by atoms with Crippen LogP contribution in [0.25, 0.3) is 10.7 Å². The molecule has 1 atom stereocenters. The summed E-state index contributed by atoms with van der Waals surface area (Å²) in [5, 5.41) is 14.0. The molecule has 2 heterocycles. The summed E-state index contributed by atoms with van der Waals surface area (Å²) in [4.78, 5) is 12.8. The number of aromatic nitrogens is 3. The van der Waals surface area contributed by atoms with Crippen LogP contribution in [0.15, 0.2) is 22.7 Å². The average molecular weight is 310 g/mol. The van der Waals surface area contributed by atoms with Crippen LogP contribution in [0.5, 0.6) is 0 Å². The van der Waals surface area contributed by atoms with E-state index in [1.54, 1.807) is 11.3 Å². The SMILES string of the molecule is CCC(C)NC(=O)CSc1nnc(-c2cccs2)n1C. The molecule has 1 N–H and O–H groups in total.